The van der Waals surface area contributed by atoms with Crippen LogP contribution in [-0.4, -0.2) is 54.2 Å². The maximum absolute atomic E-state index is 12.5. The van der Waals surface area contributed by atoms with E-state index in [1.807, 2.05) is 13.0 Å². The molecule has 1 saturated heterocycles. The first-order chi connectivity index (χ1) is 10.7. The van der Waals surface area contributed by atoms with Gasteiger partial charge in [0.05, 0.1) is 11.7 Å². The molecule has 0 aromatic carbocycles. The van der Waals surface area contributed by atoms with E-state index in [9.17, 15) is 4.79 Å². The summed E-state index contributed by atoms with van der Waals surface area (Å²) in [5.74, 6) is 0.00462. The molecule has 1 aromatic rings. The van der Waals surface area contributed by atoms with Crippen molar-refractivity contribution in [3.05, 3.63) is 29.6 Å². The van der Waals surface area contributed by atoms with Crippen molar-refractivity contribution < 1.29 is 9.53 Å². The summed E-state index contributed by atoms with van der Waals surface area (Å²) in [5.41, 5.74) is 1.66. The van der Waals surface area contributed by atoms with Crippen LogP contribution in [0.25, 0.3) is 0 Å². The average Bonchev–Trinajstić information content (AvgIpc) is 3.15. The quantitative estimate of drug-likeness (QED) is 0.921. The topological polar surface area (TPSA) is 54.5 Å². The normalized spacial score (nSPS) is 28.9. The fourth-order valence-corrected chi connectivity index (χ4v) is 3.74. The van der Waals surface area contributed by atoms with Crippen molar-refractivity contribution in [2.45, 2.75) is 50.8 Å². The Morgan fingerprint density at radius 2 is 2.27 bits per heavy atom. The van der Waals surface area contributed by atoms with Crippen molar-refractivity contribution in [3.63, 3.8) is 0 Å². The molecule has 1 N–H and O–H groups in total. The SMILES string of the molecule is COC1CCN([C@H]2CCC[C@H]2NC(=O)c2cnccc2C)C1. The fourth-order valence-electron chi connectivity index (χ4n) is 3.74. The number of hydrogen-bond donors (Lipinski definition) is 1. The lowest BCUT2D eigenvalue weighted by molar-refractivity contribution is 0.0872. The number of nitrogens with zero attached hydrogens (tertiary/aromatic N) is 2. The van der Waals surface area contributed by atoms with E-state index in [0.29, 0.717) is 17.7 Å². The second-order valence-corrected chi connectivity index (χ2v) is 6.41. The molecular weight excluding hydrogens is 278 g/mol. The number of carbonyl (C=O) groups is 1. The molecule has 0 spiro atoms. The van der Waals surface area contributed by atoms with E-state index in [-0.39, 0.29) is 11.9 Å². The number of likely N-dealkylation sites (tertiary alicyclic amines) is 1. The van der Waals surface area contributed by atoms with Gasteiger partial charge in [-0.05, 0) is 44.2 Å². The maximum atomic E-state index is 12.5. The van der Waals surface area contributed by atoms with Crippen LogP contribution in [0.3, 0.4) is 0 Å². The van der Waals surface area contributed by atoms with Gasteiger partial charge in [0.2, 0.25) is 0 Å². The highest BCUT2D eigenvalue weighted by Crippen LogP contribution is 2.28. The lowest BCUT2D eigenvalue weighted by Gasteiger charge is -2.30. The minimum Gasteiger partial charge on any atom is -0.380 e. The Labute approximate surface area is 132 Å². The molecular formula is C17H25N3O2. The maximum Gasteiger partial charge on any atom is 0.253 e. The van der Waals surface area contributed by atoms with E-state index in [2.05, 4.69) is 15.2 Å². The Morgan fingerprint density at radius 1 is 1.41 bits per heavy atom. The largest absolute Gasteiger partial charge is 0.380 e. The zero-order chi connectivity index (χ0) is 15.5. The Bertz CT molecular complexity index is 534. The molecule has 1 aromatic heterocycles. The number of hydrogen-bond acceptors (Lipinski definition) is 4. The van der Waals surface area contributed by atoms with Crippen molar-refractivity contribution >= 4 is 5.91 Å². The van der Waals surface area contributed by atoms with E-state index in [0.717, 1.165) is 37.9 Å². The molecule has 1 saturated carbocycles. The van der Waals surface area contributed by atoms with Crippen LogP contribution in [0.4, 0.5) is 0 Å². The van der Waals surface area contributed by atoms with Gasteiger partial charge >= 0.3 is 0 Å². The van der Waals surface area contributed by atoms with Crippen molar-refractivity contribution in [2.24, 2.45) is 0 Å². The first-order valence-electron chi connectivity index (χ1n) is 8.17. The molecule has 0 radical (unpaired) electrons. The van der Waals surface area contributed by atoms with Gasteiger partial charge in [0.25, 0.3) is 5.91 Å². The Kier molecular flexibility index (Phi) is 4.74. The number of aromatic nitrogens is 1. The molecule has 1 aliphatic carbocycles. The molecule has 22 heavy (non-hydrogen) atoms. The van der Waals surface area contributed by atoms with Crippen molar-refractivity contribution in [1.82, 2.24) is 15.2 Å². The summed E-state index contributed by atoms with van der Waals surface area (Å²) in [4.78, 5) is 19.1. The third-order valence-corrected chi connectivity index (χ3v) is 5.06. The molecule has 2 fully saturated rings. The Balaban J connectivity index is 1.64. The second-order valence-electron chi connectivity index (χ2n) is 6.41. The highest BCUT2D eigenvalue weighted by molar-refractivity contribution is 5.95. The monoisotopic (exact) mass is 303 g/mol. The number of amides is 1. The molecule has 0 bridgehead atoms. The van der Waals surface area contributed by atoms with Crippen LogP contribution in [0.15, 0.2) is 18.5 Å². The van der Waals surface area contributed by atoms with Crippen molar-refractivity contribution in [3.8, 4) is 0 Å². The summed E-state index contributed by atoms with van der Waals surface area (Å²) in [6.45, 7) is 4.01. The smallest absolute Gasteiger partial charge is 0.253 e. The van der Waals surface area contributed by atoms with E-state index in [1.54, 1.807) is 19.5 Å². The number of methoxy groups -OCH3 is 1. The van der Waals surface area contributed by atoms with Gasteiger partial charge in [-0.2, -0.15) is 0 Å². The molecule has 5 heteroatoms. The van der Waals surface area contributed by atoms with Crippen molar-refractivity contribution in [2.75, 3.05) is 20.2 Å². The summed E-state index contributed by atoms with van der Waals surface area (Å²) < 4.78 is 5.47. The number of nitrogens with one attached hydrogen (secondary N) is 1. The minimum atomic E-state index is 0.00462. The molecule has 2 aliphatic rings. The van der Waals surface area contributed by atoms with Gasteiger partial charge in [-0.3, -0.25) is 14.7 Å². The van der Waals surface area contributed by atoms with Gasteiger partial charge in [0.15, 0.2) is 0 Å². The van der Waals surface area contributed by atoms with Gasteiger partial charge in [-0.15, -0.1) is 0 Å². The minimum absolute atomic E-state index is 0.00462. The lowest BCUT2D eigenvalue weighted by Crippen LogP contribution is -2.48. The third kappa shape index (κ3) is 3.15. The first kappa shape index (κ1) is 15.4. The van der Waals surface area contributed by atoms with Crippen LogP contribution >= 0.6 is 0 Å². The number of rotatable bonds is 4. The predicted octanol–water partition coefficient (Wildman–Crippen LogP) is 1.76. The first-order valence-corrected chi connectivity index (χ1v) is 8.17. The highest BCUT2D eigenvalue weighted by atomic mass is 16.5. The van der Waals surface area contributed by atoms with Gasteiger partial charge < -0.3 is 10.1 Å². The number of aryl methyl sites for hydroxylation is 1. The Morgan fingerprint density at radius 3 is 3.00 bits per heavy atom. The van der Waals surface area contributed by atoms with Gasteiger partial charge in [0, 0.05) is 44.7 Å². The molecule has 1 aliphatic heterocycles. The van der Waals surface area contributed by atoms with Gasteiger partial charge in [0.1, 0.15) is 0 Å². The van der Waals surface area contributed by atoms with Gasteiger partial charge in [-0.1, -0.05) is 0 Å². The second kappa shape index (κ2) is 6.75. The van der Waals surface area contributed by atoms with E-state index in [4.69, 9.17) is 4.74 Å². The molecule has 3 rings (SSSR count). The number of ether oxygens (including phenoxy) is 1. The lowest BCUT2D eigenvalue weighted by atomic mass is 10.1. The molecule has 2 heterocycles. The van der Waals surface area contributed by atoms with Crippen molar-refractivity contribution in [1.29, 1.82) is 0 Å². The van der Waals surface area contributed by atoms with Crippen LogP contribution in [0.1, 0.15) is 41.6 Å². The summed E-state index contributed by atoms with van der Waals surface area (Å²) >= 11 is 0. The van der Waals surface area contributed by atoms with Crippen LogP contribution < -0.4 is 5.32 Å². The summed E-state index contributed by atoms with van der Waals surface area (Å²) in [6, 6.07) is 2.56. The van der Waals surface area contributed by atoms with Crippen LogP contribution in [-0.2, 0) is 4.74 Å². The molecule has 1 unspecified atom stereocenters. The van der Waals surface area contributed by atoms with Crippen LogP contribution in [0.2, 0.25) is 0 Å². The molecule has 120 valence electrons. The molecule has 3 atom stereocenters. The molecule has 5 nitrogen and oxygen atoms in total. The van der Waals surface area contributed by atoms with Crippen LogP contribution in [0.5, 0.6) is 0 Å². The van der Waals surface area contributed by atoms with E-state index < -0.39 is 0 Å². The summed E-state index contributed by atoms with van der Waals surface area (Å²) in [5, 5.41) is 3.23. The summed E-state index contributed by atoms with van der Waals surface area (Å²) in [6.07, 6.45) is 8.21. The van der Waals surface area contributed by atoms with E-state index in [1.165, 1.54) is 6.42 Å². The third-order valence-electron chi connectivity index (χ3n) is 5.06. The number of carbonyl (C=O) groups excluding carboxylic acids is 1. The molecule has 1 amide bonds. The summed E-state index contributed by atoms with van der Waals surface area (Å²) in [7, 11) is 1.78. The highest BCUT2D eigenvalue weighted by Gasteiger charge is 2.36. The zero-order valence-electron chi connectivity index (χ0n) is 13.4. The van der Waals surface area contributed by atoms with Gasteiger partial charge in [-0.25, -0.2) is 0 Å². The Hall–Kier alpha value is -1.46. The number of pyridine rings is 1. The predicted molar refractivity (Wildman–Crippen MR) is 84.9 cm³/mol. The average molecular weight is 303 g/mol. The van der Waals surface area contributed by atoms with Crippen LogP contribution in [0, 0.1) is 6.92 Å². The zero-order valence-corrected chi connectivity index (χ0v) is 13.4. The standard InChI is InChI=1S/C17H25N3O2/c1-12-6-8-18-10-14(12)17(21)19-15-4-3-5-16(15)20-9-7-13(11-20)22-2/h6,8,10,13,15-16H,3-5,7,9,11H2,1-2H3,(H,19,21)/t13?,15-,16+/m1/s1. The fraction of sp³-hybridized carbons (Fsp3) is 0.647. The van der Waals surface area contributed by atoms with E-state index >= 15 is 0 Å².